The van der Waals surface area contributed by atoms with E-state index in [9.17, 15) is 10.5 Å². The first-order chi connectivity index (χ1) is 15.6. The lowest BCUT2D eigenvalue weighted by Gasteiger charge is -2.59. The molecule has 5 rings (SSSR count). The summed E-state index contributed by atoms with van der Waals surface area (Å²) in [7, 11) is 0. The summed E-state index contributed by atoms with van der Waals surface area (Å²) in [4.78, 5) is 0. The molecule has 1 aromatic carbocycles. The van der Waals surface area contributed by atoms with E-state index >= 15 is 0 Å². The molecule has 0 heterocycles. The molecule has 2 nitrogen and oxygen atoms in total. The van der Waals surface area contributed by atoms with Crippen molar-refractivity contribution in [1.29, 1.82) is 10.5 Å². The number of benzene rings is 1. The van der Waals surface area contributed by atoms with E-state index in [0.29, 0.717) is 0 Å². The zero-order valence-electron chi connectivity index (χ0n) is 20.0. The van der Waals surface area contributed by atoms with Crippen LogP contribution in [0.1, 0.15) is 95.6 Å². The lowest BCUT2D eigenvalue weighted by Crippen LogP contribution is -2.54. The first kappa shape index (κ1) is 22.9. The number of hydrogen-bond acceptors (Lipinski definition) is 2. The molecule has 4 aliphatic carbocycles. The molecule has 2 heteroatoms. The van der Waals surface area contributed by atoms with Crippen LogP contribution in [-0.2, 0) is 11.8 Å². The van der Waals surface area contributed by atoms with Crippen LogP contribution < -0.4 is 0 Å². The predicted octanol–water partition coefficient (Wildman–Crippen LogP) is 7.96. The van der Waals surface area contributed by atoms with Gasteiger partial charge in [0, 0.05) is 5.41 Å². The van der Waals surface area contributed by atoms with Gasteiger partial charge in [-0.1, -0.05) is 69.5 Å². The van der Waals surface area contributed by atoms with Gasteiger partial charge in [-0.05, 0) is 85.8 Å². The van der Waals surface area contributed by atoms with E-state index in [1.165, 1.54) is 68.9 Å². The molecule has 168 valence electrons. The largest absolute Gasteiger partial charge is 0.198 e. The van der Waals surface area contributed by atoms with Crippen molar-refractivity contribution in [2.75, 3.05) is 0 Å². The van der Waals surface area contributed by atoms with E-state index in [4.69, 9.17) is 0 Å². The highest BCUT2D eigenvalue weighted by atomic mass is 14.6. The van der Waals surface area contributed by atoms with Gasteiger partial charge in [0.05, 0.1) is 23.6 Å². The van der Waals surface area contributed by atoms with Crippen molar-refractivity contribution in [3.05, 3.63) is 58.7 Å². The van der Waals surface area contributed by atoms with E-state index in [0.717, 1.165) is 36.3 Å². The summed E-state index contributed by atoms with van der Waals surface area (Å²) in [6, 6.07) is 14.4. The third-order valence-corrected chi connectivity index (χ3v) is 8.88. The smallest absolute Gasteiger partial charge is 0.0964 e. The lowest BCUT2D eigenvalue weighted by molar-refractivity contribution is -0.00605. The molecule has 0 saturated heterocycles. The number of aryl methyl sites for hydroxylation is 1. The quantitative estimate of drug-likeness (QED) is 0.396. The highest BCUT2D eigenvalue weighted by Gasteiger charge is 2.59. The number of rotatable bonds is 8. The number of hydrogen-bond donors (Lipinski definition) is 0. The number of allylic oxidation sites excluding steroid dienone is 4. The third-order valence-electron chi connectivity index (χ3n) is 8.88. The van der Waals surface area contributed by atoms with E-state index < -0.39 is 5.41 Å². The minimum absolute atomic E-state index is 0.0855. The van der Waals surface area contributed by atoms with Crippen LogP contribution >= 0.6 is 0 Å². The Morgan fingerprint density at radius 2 is 1.59 bits per heavy atom. The molecule has 3 saturated carbocycles. The zero-order valence-corrected chi connectivity index (χ0v) is 20.0. The van der Waals surface area contributed by atoms with Gasteiger partial charge in [-0.2, -0.15) is 10.5 Å². The first-order valence-corrected chi connectivity index (χ1v) is 13.0. The van der Waals surface area contributed by atoms with Crippen LogP contribution in [0.3, 0.4) is 0 Å². The molecule has 2 atom stereocenters. The van der Waals surface area contributed by atoms with Gasteiger partial charge in [0.2, 0.25) is 0 Å². The predicted molar refractivity (Wildman–Crippen MR) is 131 cm³/mol. The van der Waals surface area contributed by atoms with Gasteiger partial charge in [-0.15, -0.1) is 0 Å². The van der Waals surface area contributed by atoms with Gasteiger partial charge >= 0.3 is 0 Å². The zero-order chi connectivity index (χ0) is 22.6. The molecule has 0 spiro atoms. The molecule has 0 aliphatic heterocycles. The standard InChI is InChI=1S/C30H38N2/c1-3-5-6-8-23-9-11-26(12-10-23)30(29-17-13-24(14-18-29)15-19-29)20-16-25(7-4-2)27(21-31)28(30)22-32/h9-12,16,20,24,28H,3-8,13-15,17-19H2,1-2H3. The monoisotopic (exact) mass is 426 g/mol. The Morgan fingerprint density at radius 1 is 0.906 bits per heavy atom. The molecule has 3 fully saturated rings. The summed E-state index contributed by atoms with van der Waals surface area (Å²) in [6.45, 7) is 4.40. The summed E-state index contributed by atoms with van der Waals surface area (Å²) >= 11 is 0. The molecule has 0 aromatic heterocycles. The van der Waals surface area contributed by atoms with Crippen LogP contribution in [0.5, 0.6) is 0 Å². The van der Waals surface area contributed by atoms with Gasteiger partial charge < -0.3 is 0 Å². The van der Waals surface area contributed by atoms with Crippen LogP contribution in [0.2, 0.25) is 0 Å². The van der Waals surface area contributed by atoms with Crippen LogP contribution in [0.15, 0.2) is 47.6 Å². The number of fused-ring (bicyclic) bond motifs is 3. The highest BCUT2D eigenvalue weighted by molar-refractivity contribution is 5.54. The van der Waals surface area contributed by atoms with Crippen LogP contribution in [0, 0.1) is 39.9 Å². The SMILES string of the molecule is CCCCCc1ccc(C2(C34CCC(CC3)CC4)C=CC(CCC)=C(C#N)C2C#N)cc1. The fraction of sp³-hybridized carbons (Fsp3) is 0.600. The maximum atomic E-state index is 10.6. The fourth-order valence-electron chi connectivity index (χ4n) is 7.07. The summed E-state index contributed by atoms with van der Waals surface area (Å²) < 4.78 is 0. The Bertz CT molecular complexity index is 930. The van der Waals surface area contributed by atoms with Crippen LogP contribution in [0.25, 0.3) is 0 Å². The Balaban J connectivity index is 1.82. The second-order valence-electron chi connectivity index (χ2n) is 10.5. The number of nitrogens with zero attached hydrogens (tertiary/aromatic N) is 2. The fourth-order valence-corrected chi connectivity index (χ4v) is 7.07. The van der Waals surface area contributed by atoms with Crippen molar-refractivity contribution in [2.24, 2.45) is 17.3 Å². The maximum Gasteiger partial charge on any atom is 0.0964 e. The molecule has 2 unspecified atom stereocenters. The van der Waals surface area contributed by atoms with E-state index in [-0.39, 0.29) is 11.3 Å². The summed E-state index contributed by atoms with van der Waals surface area (Å²) in [5.41, 5.74) is 4.14. The molecule has 1 aromatic rings. The maximum absolute atomic E-state index is 10.6. The van der Waals surface area contributed by atoms with Crippen LogP contribution in [0.4, 0.5) is 0 Å². The van der Waals surface area contributed by atoms with Gasteiger partial charge in [0.1, 0.15) is 0 Å². The minimum atomic E-state index is -0.391. The molecule has 2 bridgehead atoms. The van der Waals surface area contributed by atoms with Gasteiger partial charge in [0.25, 0.3) is 0 Å². The Morgan fingerprint density at radius 3 is 2.16 bits per heavy atom. The Labute approximate surface area is 195 Å². The van der Waals surface area contributed by atoms with Gasteiger partial charge in [-0.25, -0.2) is 0 Å². The van der Waals surface area contributed by atoms with Crippen molar-refractivity contribution in [2.45, 2.75) is 96.3 Å². The summed E-state index contributed by atoms with van der Waals surface area (Å²) in [5, 5.41) is 20.8. The van der Waals surface area contributed by atoms with Crippen molar-refractivity contribution >= 4 is 0 Å². The Hall–Kier alpha value is -2.32. The highest BCUT2D eigenvalue weighted by Crippen LogP contribution is 2.65. The normalized spacial score (nSPS) is 31.4. The van der Waals surface area contributed by atoms with Crippen molar-refractivity contribution < 1.29 is 0 Å². The van der Waals surface area contributed by atoms with E-state index in [1.54, 1.807) is 0 Å². The second kappa shape index (κ2) is 9.67. The molecule has 32 heavy (non-hydrogen) atoms. The second-order valence-corrected chi connectivity index (χ2v) is 10.5. The van der Waals surface area contributed by atoms with E-state index in [1.807, 2.05) is 0 Å². The third kappa shape index (κ3) is 3.73. The molecule has 0 N–H and O–H groups in total. The molecule has 0 radical (unpaired) electrons. The van der Waals surface area contributed by atoms with Gasteiger partial charge in [0.15, 0.2) is 0 Å². The Kier molecular flexibility index (Phi) is 6.90. The molecule has 4 aliphatic rings. The molecule has 0 amide bonds. The average molecular weight is 427 g/mol. The summed E-state index contributed by atoms with van der Waals surface area (Å²) in [5.74, 6) is 0.476. The lowest BCUT2D eigenvalue weighted by atomic mass is 9.43. The topological polar surface area (TPSA) is 47.6 Å². The number of nitriles is 2. The molecular formula is C30H38N2. The first-order valence-electron chi connectivity index (χ1n) is 13.0. The number of unbranched alkanes of at least 4 members (excludes halogenated alkanes) is 2. The van der Waals surface area contributed by atoms with E-state index in [2.05, 4.69) is 62.4 Å². The minimum Gasteiger partial charge on any atom is -0.198 e. The van der Waals surface area contributed by atoms with Crippen molar-refractivity contribution in [1.82, 2.24) is 0 Å². The average Bonchev–Trinajstić information content (AvgIpc) is 2.85. The molecular weight excluding hydrogens is 388 g/mol. The van der Waals surface area contributed by atoms with Crippen molar-refractivity contribution in [3.8, 4) is 12.1 Å². The van der Waals surface area contributed by atoms with Crippen molar-refractivity contribution in [3.63, 3.8) is 0 Å². The van der Waals surface area contributed by atoms with Gasteiger partial charge in [-0.3, -0.25) is 0 Å². The van der Waals surface area contributed by atoms with Crippen LogP contribution in [-0.4, -0.2) is 0 Å². The summed E-state index contributed by atoms with van der Waals surface area (Å²) in [6.07, 6.45) is 18.7.